The average molecular weight is 289 g/mol. The highest BCUT2D eigenvalue weighted by Gasteiger charge is 2.18. The van der Waals surface area contributed by atoms with Crippen molar-refractivity contribution in [1.82, 2.24) is 9.38 Å². The Balaban J connectivity index is 2.31. The zero-order valence-corrected chi connectivity index (χ0v) is 10.6. The van der Waals surface area contributed by atoms with E-state index in [1.54, 1.807) is 6.07 Å². The van der Waals surface area contributed by atoms with Crippen LogP contribution in [0.4, 0.5) is 14.6 Å². The highest BCUT2D eigenvalue weighted by molar-refractivity contribution is 5.75. The van der Waals surface area contributed by atoms with Crippen molar-refractivity contribution in [3.63, 3.8) is 0 Å². The summed E-state index contributed by atoms with van der Waals surface area (Å²) in [5, 5.41) is 12.0. The molecule has 0 aliphatic rings. The maximum Gasteiger partial charge on any atom is 0.209 e. The molecule has 106 valence electrons. The highest BCUT2D eigenvalue weighted by atomic mass is 19.1. The number of nitroso groups, excluding NO2 is 1. The molecule has 3 rings (SSSR count). The van der Waals surface area contributed by atoms with Crippen LogP contribution in [0.1, 0.15) is 5.56 Å². The van der Waals surface area contributed by atoms with Crippen LogP contribution in [0, 0.1) is 16.5 Å². The van der Waals surface area contributed by atoms with Gasteiger partial charge in [0.1, 0.15) is 23.0 Å². The molecule has 0 aliphatic carbocycles. The summed E-state index contributed by atoms with van der Waals surface area (Å²) in [5.41, 5.74) is 0.710. The van der Waals surface area contributed by atoms with Gasteiger partial charge in [-0.15, -0.1) is 4.91 Å². The molecule has 0 saturated heterocycles. The van der Waals surface area contributed by atoms with E-state index >= 15 is 0 Å². The third-order valence-corrected chi connectivity index (χ3v) is 3.12. The van der Waals surface area contributed by atoms with E-state index in [2.05, 4.69) is 10.2 Å². The number of rotatable bonds is 3. The second kappa shape index (κ2) is 5.02. The molecule has 0 saturated carbocycles. The van der Waals surface area contributed by atoms with Gasteiger partial charge < -0.3 is 5.11 Å². The first-order chi connectivity index (χ1) is 10.1. The largest absolute Gasteiger partial charge is 0.392 e. The topological polar surface area (TPSA) is 67.0 Å². The number of fused-ring (bicyclic) bond motifs is 1. The molecular formula is C14H9F2N3O2. The Bertz CT molecular complexity index is 846. The highest BCUT2D eigenvalue weighted by Crippen LogP contribution is 2.33. The molecule has 2 aromatic heterocycles. The molecule has 2 heterocycles. The van der Waals surface area contributed by atoms with Crippen LogP contribution in [0.25, 0.3) is 16.9 Å². The zero-order valence-electron chi connectivity index (χ0n) is 10.6. The predicted molar refractivity (Wildman–Crippen MR) is 71.9 cm³/mol. The molecule has 1 aromatic carbocycles. The zero-order chi connectivity index (χ0) is 15.0. The summed E-state index contributed by atoms with van der Waals surface area (Å²) in [4.78, 5) is 15.2. The molecular weight excluding hydrogens is 280 g/mol. The van der Waals surface area contributed by atoms with Crippen LogP contribution < -0.4 is 0 Å². The summed E-state index contributed by atoms with van der Waals surface area (Å²) in [7, 11) is 0. The van der Waals surface area contributed by atoms with Crippen molar-refractivity contribution in [2.24, 2.45) is 5.18 Å². The van der Waals surface area contributed by atoms with E-state index in [9.17, 15) is 13.7 Å². The first kappa shape index (κ1) is 13.3. The molecule has 7 heteroatoms. The summed E-state index contributed by atoms with van der Waals surface area (Å²) in [6.45, 7) is -0.198. The maximum atomic E-state index is 13.8. The molecule has 1 N–H and O–H groups in total. The Labute approximate surface area is 117 Å². The lowest BCUT2D eigenvalue weighted by Crippen LogP contribution is -1.88. The molecule has 0 radical (unpaired) electrons. The van der Waals surface area contributed by atoms with E-state index in [0.717, 1.165) is 18.2 Å². The molecule has 0 amide bonds. The van der Waals surface area contributed by atoms with Crippen molar-refractivity contribution in [3.8, 4) is 11.3 Å². The van der Waals surface area contributed by atoms with Crippen molar-refractivity contribution in [3.05, 3.63) is 58.6 Å². The summed E-state index contributed by atoms with van der Waals surface area (Å²) >= 11 is 0. The van der Waals surface area contributed by atoms with Gasteiger partial charge in [-0.2, -0.15) is 0 Å². The van der Waals surface area contributed by atoms with Crippen molar-refractivity contribution in [1.29, 1.82) is 0 Å². The van der Waals surface area contributed by atoms with Crippen LogP contribution in [0.15, 0.2) is 41.7 Å². The average Bonchev–Trinajstić information content (AvgIpc) is 2.86. The summed E-state index contributed by atoms with van der Waals surface area (Å²) in [6, 6.07) is 6.01. The van der Waals surface area contributed by atoms with Gasteiger partial charge in [-0.1, -0.05) is 0 Å². The first-order valence-corrected chi connectivity index (χ1v) is 6.04. The van der Waals surface area contributed by atoms with Gasteiger partial charge in [0.2, 0.25) is 5.82 Å². The van der Waals surface area contributed by atoms with E-state index in [1.165, 1.54) is 16.7 Å². The third-order valence-electron chi connectivity index (χ3n) is 3.12. The van der Waals surface area contributed by atoms with Gasteiger partial charge in [-0.3, -0.25) is 4.40 Å². The van der Waals surface area contributed by atoms with E-state index < -0.39 is 11.6 Å². The van der Waals surface area contributed by atoms with Gasteiger partial charge in [-0.05, 0) is 41.1 Å². The van der Waals surface area contributed by atoms with Crippen LogP contribution in [0.3, 0.4) is 0 Å². The van der Waals surface area contributed by atoms with E-state index in [0.29, 0.717) is 11.2 Å². The molecule has 5 nitrogen and oxygen atoms in total. The number of aromatic nitrogens is 2. The number of hydrogen-bond acceptors (Lipinski definition) is 4. The number of pyridine rings is 1. The molecule has 0 bridgehead atoms. The van der Waals surface area contributed by atoms with Crippen molar-refractivity contribution < 1.29 is 13.9 Å². The van der Waals surface area contributed by atoms with Gasteiger partial charge in [0, 0.05) is 11.8 Å². The fourth-order valence-electron chi connectivity index (χ4n) is 2.12. The number of aliphatic hydroxyl groups excluding tert-OH is 1. The Morgan fingerprint density at radius 3 is 2.76 bits per heavy atom. The minimum Gasteiger partial charge on any atom is -0.392 e. The van der Waals surface area contributed by atoms with E-state index in [4.69, 9.17) is 5.11 Å². The molecule has 0 aliphatic heterocycles. The van der Waals surface area contributed by atoms with Gasteiger partial charge >= 0.3 is 0 Å². The van der Waals surface area contributed by atoms with Crippen LogP contribution in [-0.4, -0.2) is 14.5 Å². The molecule has 3 aromatic rings. The monoisotopic (exact) mass is 289 g/mol. The molecule has 21 heavy (non-hydrogen) atoms. The van der Waals surface area contributed by atoms with Crippen LogP contribution in [-0.2, 0) is 6.61 Å². The van der Waals surface area contributed by atoms with Crippen LogP contribution in [0.5, 0.6) is 0 Å². The number of imidazole rings is 1. The van der Waals surface area contributed by atoms with E-state index in [-0.39, 0.29) is 23.7 Å². The van der Waals surface area contributed by atoms with Crippen LogP contribution in [0.2, 0.25) is 0 Å². The minimum absolute atomic E-state index is 0.0444. The molecule has 0 atom stereocenters. The smallest absolute Gasteiger partial charge is 0.209 e. The number of aliphatic hydroxyl groups is 1. The predicted octanol–water partition coefficient (Wildman–Crippen LogP) is 3.17. The Hall–Kier alpha value is -2.67. The normalized spacial score (nSPS) is 11.0. The summed E-state index contributed by atoms with van der Waals surface area (Å²) < 4.78 is 28.5. The lowest BCUT2D eigenvalue weighted by molar-refractivity contribution is 0.282. The van der Waals surface area contributed by atoms with Gasteiger partial charge in [0.05, 0.1) is 6.61 Å². The lowest BCUT2D eigenvalue weighted by Gasteiger charge is -2.00. The van der Waals surface area contributed by atoms with E-state index in [1.807, 2.05) is 0 Å². The molecule has 0 spiro atoms. The number of hydrogen-bond donors (Lipinski definition) is 1. The van der Waals surface area contributed by atoms with Crippen molar-refractivity contribution in [2.75, 3.05) is 0 Å². The van der Waals surface area contributed by atoms with Crippen molar-refractivity contribution >= 4 is 11.5 Å². The summed E-state index contributed by atoms with van der Waals surface area (Å²) in [5.74, 6) is -1.47. The number of benzene rings is 1. The van der Waals surface area contributed by atoms with Gasteiger partial charge in [0.25, 0.3) is 0 Å². The standard InChI is InChI=1S/C14H9F2N3O2/c15-9-1-2-11(16)10(6-9)13-14(18-21)19-4-3-8(7-20)5-12(19)17-13/h1-6,20H,7H2. The second-order valence-corrected chi connectivity index (χ2v) is 4.42. The second-order valence-electron chi connectivity index (χ2n) is 4.42. The fourth-order valence-corrected chi connectivity index (χ4v) is 2.12. The first-order valence-electron chi connectivity index (χ1n) is 6.04. The molecule has 0 fully saturated rings. The van der Waals surface area contributed by atoms with Crippen molar-refractivity contribution in [2.45, 2.75) is 6.61 Å². The quantitative estimate of drug-likeness (QED) is 0.753. The maximum absolute atomic E-state index is 13.8. The Morgan fingerprint density at radius 2 is 2.05 bits per heavy atom. The summed E-state index contributed by atoms with van der Waals surface area (Å²) in [6.07, 6.45) is 1.49. The SMILES string of the molecule is O=Nc1c(-c2cc(F)ccc2F)nc2cc(CO)ccn12. The van der Waals surface area contributed by atoms with Crippen LogP contribution >= 0.6 is 0 Å². The molecule has 0 unspecified atom stereocenters. The minimum atomic E-state index is -0.702. The Morgan fingerprint density at radius 1 is 1.24 bits per heavy atom. The Kier molecular flexibility index (Phi) is 3.19. The fraction of sp³-hybridized carbons (Fsp3) is 0.0714. The third kappa shape index (κ3) is 2.17. The number of nitrogens with zero attached hydrogens (tertiary/aromatic N) is 3. The van der Waals surface area contributed by atoms with Gasteiger partial charge in [-0.25, -0.2) is 13.8 Å². The lowest BCUT2D eigenvalue weighted by atomic mass is 10.1. The van der Waals surface area contributed by atoms with Gasteiger partial charge in [0.15, 0.2) is 0 Å². The number of halogens is 2.